The van der Waals surface area contributed by atoms with Crippen molar-refractivity contribution in [3.05, 3.63) is 94.5 Å². The molecule has 33 heavy (non-hydrogen) atoms. The van der Waals surface area contributed by atoms with E-state index >= 15 is 0 Å². The summed E-state index contributed by atoms with van der Waals surface area (Å²) in [5.41, 5.74) is 1.19. The lowest BCUT2D eigenvalue weighted by atomic mass is 9.95. The first-order valence-electron chi connectivity index (χ1n) is 10.5. The third-order valence-corrected chi connectivity index (χ3v) is 5.57. The van der Waals surface area contributed by atoms with Crippen LogP contribution in [0.15, 0.2) is 78.4 Å². The summed E-state index contributed by atoms with van der Waals surface area (Å²) in [6.45, 7) is 2.49. The highest BCUT2D eigenvalue weighted by molar-refractivity contribution is 6.51. The van der Waals surface area contributed by atoms with Gasteiger partial charge in [-0.05, 0) is 60.5 Å². The Bertz CT molecular complexity index is 1240. The molecule has 6 nitrogen and oxygen atoms in total. The second-order valence-electron chi connectivity index (χ2n) is 7.62. The van der Waals surface area contributed by atoms with Crippen LogP contribution in [0.3, 0.4) is 0 Å². The third-order valence-electron chi connectivity index (χ3n) is 5.32. The van der Waals surface area contributed by atoms with Gasteiger partial charge in [0.15, 0.2) is 0 Å². The standard InChI is InChI=1S/C26H22ClNO5/c1-2-13-33-21-8-4-6-17(15-21)24(30)22-23(16-5-3-7-20(29)14-16)28(26(32)25(22)31)19-11-9-18(27)10-12-19/h3-12,14-15,23,29-30H,2,13H2,1H3/b24-22-. The second-order valence-corrected chi connectivity index (χ2v) is 8.05. The summed E-state index contributed by atoms with van der Waals surface area (Å²) in [4.78, 5) is 27.6. The van der Waals surface area contributed by atoms with Crippen molar-refractivity contribution in [3.63, 3.8) is 0 Å². The fourth-order valence-corrected chi connectivity index (χ4v) is 3.95. The molecule has 2 N–H and O–H groups in total. The maximum atomic E-state index is 13.2. The molecule has 0 aliphatic carbocycles. The molecule has 0 radical (unpaired) electrons. The number of halogens is 1. The van der Waals surface area contributed by atoms with E-state index in [9.17, 15) is 19.8 Å². The molecule has 1 atom stereocenters. The van der Waals surface area contributed by atoms with Gasteiger partial charge in [0.05, 0.1) is 18.2 Å². The maximum Gasteiger partial charge on any atom is 0.300 e. The van der Waals surface area contributed by atoms with Crippen LogP contribution >= 0.6 is 11.6 Å². The van der Waals surface area contributed by atoms with Crippen LogP contribution in [0.5, 0.6) is 11.5 Å². The fraction of sp³-hybridized carbons (Fsp3) is 0.154. The molecule has 0 spiro atoms. The van der Waals surface area contributed by atoms with E-state index in [1.165, 1.54) is 17.0 Å². The quantitative estimate of drug-likeness (QED) is 0.288. The highest BCUT2D eigenvalue weighted by atomic mass is 35.5. The SMILES string of the molecule is CCCOc1cccc(/C(O)=C2/C(=O)C(=O)N(c3ccc(Cl)cc3)C2c2cccc(O)c2)c1. The number of anilines is 1. The van der Waals surface area contributed by atoms with Gasteiger partial charge in [0.25, 0.3) is 11.7 Å². The summed E-state index contributed by atoms with van der Waals surface area (Å²) in [5, 5.41) is 21.7. The van der Waals surface area contributed by atoms with E-state index in [-0.39, 0.29) is 17.1 Å². The average Bonchev–Trinajstić information content (AvgIpc) is 3.08. The number of rotatable bonds is 6. The predicted molar refractivity (Wildman–Crippen MR) is 127 cm³/mol. The Balaban J connectivity index is 1.89. The number of aliphatic hydroxyl groups excluding tert-OH is 1. The molecule has 1 fully saturated rings. The lowest BCUT2D eigenvalue weighted by molar-refractivity contribution is -0.132. The Labute approximate surface area is 196 Å². The molecule has 1 aliphatic rings. The topological polar surface area (TPSA) is 87.1 Å². The number of phenolic OH excluding ortho intramolecular Hbond substituents is 1. The molecule has 7 heteroatoms. The minimum Gasteiger partial charge on any atom is -0.508 e. The number of carbonyl (C=O) groups excluding carboxylic acids is 2. The second kappa shape index (κ2) is 9.38. The van der Waals surface area contributed by atoms with Crippen molar-refractivity contribution in [1.82, 2.24) is 0 Å². The van der Waals surface area contributed by atoms with Crippen LogP contribution < -0.4 is 9.64 Å². The Morgan fingerprint density at radius 3 is 2.45 bits per heavy atom. The minimum atomic E-state index is -0.946. The van der Waals surface area contributed by atoms with Crippen LogP contribution in [0.25, 0.3) is 5.76 Å². The Morgan fingerprint density at radius 1 is 1.03 bits per heavy atom. The van der Waals surface area contributed by atoms with Crippen LogP contribution in [0.4, 0.5) is 5.69 Å². The van der Waals surface area contributed by atoms with Gasteiger partial charge < -0.3 is 14.9 Å². The summed E-state index contributed by atoms with van der Waals surface area (Å²) in [6.07, 6.45) is 0.819. The first-order chi connectivity index (χ1) is 15.9. The first kappa shape index (κ1) is 22.4. The highest BCUT2D eigenvalue weighted by Crippen LogP contribution is 2.43. The predicted octanol–water partition coefficient (Wildman–Crippen LogP) is 5.46. The van der Waals surface area contributed by atoms with Gasteiger partial charge in [-0.1, -0.05) is 42.8 Å². The zero-order chi connectivity index (χ0) is 23.5. The largest absolute Gasteiger partial charge is 0.508 e. The fourth-order valence-electron chi connectivity index (χ4n) is 3.82. The molecule has 168 valence electrons. The molecule has 0 bridgehead atoms. The summed E-state index contributed by atoms with van der Waals surface area (Å²) in [6, 6.07) is 18.5. The summed E-state index contributed by atoms with van der Waals surface area (Å²) < 4.78 is 5.64. The molecular formula is C26H22ClNO5. The monoisotopic (exact) mass is 463 g/mol. The number of aliphatic hydroxyl groups is 1. The molecule has 1 aliphatic heterocycles. The maximum absolute atomic E-state index is 13.2. The zero-order valence-electron chi connectivity index (χ0n) is 17.9. The van der Waals surface area contributed by atoms with Crippen LogP contribution in [0, 0.1) is 0 Å². The van der Waals surface area contributed by atoms with Gasteiger partial charge in [0, 0.05) is 16.3 Å². The Hall–Kier alpha value is -3.77. The van der Waals surface area contributed by atoms with Crippen LogP contribution in [0.2, 0.25) is 5.02 Å². The van der Waals surface area contributed by atoms with Gasteiger partial charge in [-0.2, -0.15) is 0 Å². The van der Waals surface area contributed by atoms with Gasteiger partial charge in [-0.3, -0.25) is 14.5 Å². The number of Topliss-reactive ketones (excluding diaryl/α,β-unsaturated/α-hetero) is 1. The van der Waals surface area contributed by atoms with Crippen molar-refractivity contribution in [1.29, 1.82) is 0 Å². The van der Waals surface area contributed by atoms with E-state index in [1.807, 2.05) is 6.92 Å². The third kappa shape index (κ3) is 4.43. The first-order valence-corrected chi connectivity index (χ1v) is 10.9. The highest BCUT2D eigenvalue weighted by Gasteiger charge is 2.47. The van der Waals surface area contributed by atoms with Crippen molar-refractivity contribution in [2.45, 2.75) is 19.4 Å². The van der Waals surface area contributed by atoms with Crippen molar-refractivity contribution < 1.29 is 24.5 Å². The molecule has 1 unspecified atom stereocenters. The van der Waals surface area contributed by atoms with Gasteiger partial charge in [-0.15, -0.1) is 0 Å². The molecule has 0 aromatic heterocycles. The van der Waals surface area contributed by atoms with E-state index < -0.39 is 17.7 Å². The summed E-state index contributed by atoms with van der Waals surface area (Å²) in [5.74, 6) is -1.41. The Morgan fingerprint density at radius 2 is 1.76 bits per heavy atom. The van der Waals surface area contributed by atoms with Gasteiger partial charge in [0.1, 0.15) is 17.3 Å². The van der Waals surface area contributed by atoms with Crippen molar-refractivity contribution in [3.8, 4) is 11.5 Å². The van der Waals surface area contributed by atoms with Gasteiger partial charge in [-0.25, -0.2) is 0 Å². The van der Waals surface area contributed by atoms with Crippen LogP contribution in [0.1, 0.15) is 30.5 Å². The molecule has 3 aromatic rings. The van der Waals surface area contributed by atoms with E-state index in [2.05, 4.69) is 0 Å². The molecule has 0 saturated carbocycles. The van der Waals surface area contributed by atoms with Crippen molar-refractivity contribution >= 4 is 34.7 Å². The number of ketones is 1. The lowest BCUT2D eigenvalue weighted by Gasteiger charge is -2.25. The van der Waals surface area contributed by atoms with E-state index in [4.69, 9.17) is 16.3 Å². The minimum absolute atomic E-state index is 0.0239. The number of hydrogen-bond acceptors (Lipinski definition) is 5. The number of hydrogen-bond donors (Lipinski definition) is 2. The molecule has 3 aromatic carbocycles. The normalized spacial score (nSPS) is 17.4. The molecule has 1 amide bonds. The smallest absolute Gasteiger partial charge is 0.300 e. The van der Waals surface area contributed by atoms with Crippen LogP contribution in [-0.4, -0.2) is 28.5 Å². The summed E-state index contributed by atoms with van der Waals surface area (Å²) >= 11 is 6.00. The molecule has 1 saturated heterocycles. The van der Waals surface area contributed by atoms with E-state index in [0.717, 1.165) is 6.42 Å². The molecular weight excluding hydrogens is 442 g/mol. The van der Waals surface area contributed by atoms with Gasteiger partial charge >= 0.3 is 0 Å². The molecule has 1 heterocycles. The molecule has 4 rings (SSSR count). The summed E-state index contributed by atoms with van der Waals surface area (Å²) in [7, 11) is 0. The number of aromatic hydroxyl groups is 1. The van der Waals surface area contributed by atoms with Crippen molar-refractivity contribution in [2.24, 2.45) is 0 Å². The number of ether oxygens (including phenoxy) is 1. The number of nitrogens with zero attached hydrogens (tertiary/aromatic N) is 1. The van der Waals surface area contributed by atoms with Gasteiger partial charge in [0.2, 0.25) is 0 Å². The number of benzene rings is 3. The number of phenols is 1. The number of carbonyl (C=O) groups is 2. The Kier molecular flexibility index (Phi) is 6.38. The average molecular weight is 464 g/mol. The van der Waals surface area contributed by atoms with E-state index in [1.54, 1.807) is 60.7 Å². The van der Waals surface area contributed by atoms with Crippen molar-refractivity contribution in [2.75, 3.05) is 11.5 Å². The number of amides is 1. The van der Waals surface area contributed by atoms with Crippen LogP contribution in [-0.2, 0) is 9.59 Å². The lowest BCUT2D eigenvalue weighted by Crippen LogP contribution is -2.29. The zero-order valence-corrected chi connectivity index (χ0v) is 18.6. The van der Waals surface area contributed by atoms with E-state index in [0.29, 0.717) is 34.2 Å².